The predicted octanol–water partition coefficient (Wildman–Crippen LogP) is 4.03. The number of ether oxygens (including phenoxy) is 6. The van der Waals surface area contributed by atoms with Crippen LogP contribution >= 0.6 is 0 Å². The zero-order valence-electron chi connectivity index (χ0n) is 22.6. The first-order valence-electron chi connectivity index (χ1n) is 12.2. The van der Waals surface area contributed by atoms with Crippen molar-refractivity contribution in [2.24, 2.45) is 23.5 Å². The molecule has 0 saturated carbocycles. The van der Waals surface area contributed by atoms with Gasteiger partial charge in [-0.15, -0.1) is 0 Å². The van der Waals surface area contributed by atoms with Gasteiger partial charge in [0.25, 0.3) is 0 Å². The number of rotatable bonds is 13. The molecular weight excluding hydrogens is 486 g/mol. The molecular formula is C26H39NO10. The van der Waals surface area contributed by atoms with E-state index < -0.39 is 36.4 Å². The maximum atomic E-state index is 12.4. The van der Waals surface area contributed by atoms with Gasteiger partial charge < -0.3 is 34.2 Å². The Morgan fingerprint density at radius 3 is 1.78 bits per heavy atom. The summed E-state index contributed by atoms with van der Waals surface area (Å²) < 4.78 is 30.8. The van der Waals surface area contributed by atoms with Gasteiger partial charge in [-0.2, -0.15) is 0 Å². The molecule has 0 spiro atoms. The largest absolute Gasteiger partial charge is 0.513 e. The van der Waals surface area contributed by atoms with Crippen molar-refractivity contribution in [1.29, 1.82) is 0 Å². The van der Waals surface area contributed by atoms with E-state index in [2.05, 4.69) is 0 Å². The fraction of sp³-hybridized carbons (Fsp3) is 0.615. The fourth-order valence-corrected chi connectivity index (χ4v) is 2.57. The zero-order valence-corrected chi connectivity index (χ0v) is 22.6. The summed E-state index contributed by atoms with van der Waals surface area (Å²) in [6, 6.07) is 3.29. The summed E-state index contributed by atoms with van der Waals surface area (Å²) in [5.41, 5.74) is 6.50. The van der Waals surface area contributed by atoms with Gasteiger partial charge in [0, 0.05) is 0 Å². The molecule has 2 atom stereocenters. The molecule has 11 nitrogen and oxygen atoms in total. The third kappa shape index (κ3) is 13.0. The van der Waals surface area contributed by atoms with Crippen molar-refractivity contribution in [3.05, 3.63) is 23.8 Å². The lowest BCUT2D eigenvalue weighted by molar-refractivity contribution is -0.160. The van der Waals surface area contributed by atoms with Crippen LogP contribution in [-0.2, 0) is 35.0 Å². The van der Waals surface area contributed by atoms with Gasteiger partial charge >= 0.3 is 24.2 Å². The van der Waals surface area contributed by atoms with Crippen LogP contribution < -0.4 is 15.2 Å². The molecule has 11 heteroatoms. The van der Waals surface area contributed by atoms with Crippen LogP contribution in [0.25, 0.3) is 0 Å². The van der Waals surface area contributed by atoms with Gasteiger partial charge in [-0.25, -0.2) is 9.59 Å². The predicted molar refractivity (Wildman–Crippen MR) is 133 cm³/mol. The molecule has 1 rings (SSSR count). The number of carbonyl (C=O) groups is 4. The van der Waals surface area contributed by atoms with Crippen molar-refractivity contribution in [1.82, 2.24) is 0 Å². The Balaban J connectivity index is 2.90. The normalized spacial score (nSPS) is 12.6. The van der Waals surface area contributed by atoms with Gasteiger partial charge in [0.1, 0.15) is 18.8 Å². The molecule has 0 radical (unpaired) electrons. The van der Waals surface area contributed by atoms with E-state index in [0.717, 1.165) is 0 Å². The summed E-state index contributed by atoms with van der Waals surface area (Å²) >= 11 is 0. The molecule has 0 fully saturated rings. The van der Waals surface area contributed by atoms with Gasteiger partial charge in [0.15, 0.2) is 11.5 Å². The molecule has 0 saturated heterocycles. The molecule has 0 aliphatic carbocycles. The molecule has 0 aliphatic rings. The van der Waals surface area contributed by atoms with E-state index in [-0.39, 0.29) is 55.5 Å². The Morgan fingerprint density at radius 2 is 1.27 bits per heavy atom. The van der Waals surface area contributed by atoms with Crippen LogP contribution in [0.1, 0.15) is 54.0 Å². The Kier molecular flexibility index (Phi) is 13.4. The molecule has 37 heavy (non-hydrogen) atoms. The second kappa shape index (κ2) is 15.7. The molecule has 0 heterocycles. The Hall–Kier alpha value is -3.34. The lowest BCUT2D eigenvalue weighted by atomic mass is 10.1. The van der Waals surface area contributed by atoms with Crippen LogP contribution in [0.3, 0.4) is 0 Å². The number of hydrogen-bond donors (Lipinski definition) is 1. The average molecular weight is 526 g/mol. The van der Waals surface area contributed by atoms with E-state index in [1.165, 1.54) is 12.1 Å². The summed E-state index contributed by atoms with van der Waals surface area (Å²) in [6.45, 7) is 12.6. The van der Waals surface area contributed by atoms with Crippen molar-refractivity contribution in [2.75, 3.05) is 19.8 Å². The monoisotopic (exact) mass is 525 g/mol. The second-order valence-electron chi connectivity index (χ2n) is 9.74. The minimum absolute atomic E-state index is 0.0206. The highest BCUT2D eigenvalue weighted by molar-refractivity contribution is 5.76. The summed E-state index contributed by atoms with van der Waals surface area (Å²) in [4.78, 5) is 48.2. The minimum Gasteiger partial charge on any atom is -0.462 e. The fourth-order valence-electron chi connectivity index (χ4n) is 2.57. The van der Waals surface area contributed by atoms with Gasteiger partial charge in [-0.05, 0) is 42.9 Å². The summed E-state index contributed by atoms with van der Waals surface area (Å²) in [5.74, 6) is -1.40. The Morgan fingerprint density at radius 1 is 0.730 bits per heavy atom. The summed E-state index contributed by atoms with van der Waals surface area (Å²) in [7, 11) is 0. The van der Waals surface area contributed by atoms with Crippen LogP contribution in [0, 0.1) is 17.8 Å². The van der Waals surface area contributed by atoms with Crippen molar-refractivity contribution in [2.45, 2.75) is 67.0 Å². The first-order chi connectivity index (χ1) is 17.3. The van der Waals surface area contributed by atoms with Gasteiger partial charge in [-0.3, -0.25) is 9.59 Å². The first-order valence-corrected chi connectivity index (χ1v) is 12.2. The lowest BCUT2D eigenvalue weighted by Gasteiger charge is -2.18. The zero-order chi connectivity index (χ0) is 28.1. The van der Waals surface area contributed by atoms with E-state index in [1.54, 1.807) is 26.8 Å². The van der Waals surface area contributed by atoms with Crippen LogP contribution in [0.2, 0.25) is 0 Å². The van der Waals surface area contributed by atoms with Gasteiger partial charge in [0.05, 0.1) is 19.1 Å². The van der Waals surface area contributed by atoms with Crippen molar-refractivity contribution >= 4 is 24.2 Å². The maximum Gasteiger partial charge on any atom is 0.513 e. The van der Waals surface area contributed by atoms with E-state index in [0.29, 0.717) is 5.56 Å². The number of esters is 2. The SMILES string of the molecule is CC(C)COC(=O)Oc1ccc(C[C@H](N)C(=O)O[C@@H](C)COC(=O)C(C)C)cc1OC(=O)OCC(C)C. The molecule has 208 valence electrons. The molecule has 0 aliphatic heterocycles. The molecule has 0 unspecified atom stereocenters. The van der Waals surface area contributed by atoms with Crippen molar-refractivity contribution in [3.63, 3.8) is 0 Å². The van der Waals surface area contributed by atoms with Gasteiger partial charge in [0.2, 0.25) is 0 Å². The summed E-state index contributed by atoms with van der Waals surface area (Å²) in [5, 5.41) is 0. The summed E-state index contributed by atoms with van der Waals surface area (Å²) in [6.07, 6.45) is -2.62. The molecule has 0 aromatic heterocycles. The highest BCUT2D eigenvalue weighted by atomic mass is 16.7. The van der Waals surface area contributed by atoms with Crippen LogP contribution in [0.4, 0.5) is 9.59 Å². The van der Waals surface area contributed by atoms with Crippen LogP contribution in [-0.4, -0.2) is 56.2 Å². The molecule has 2 N–H and O–H groups in total. The maximum absolute atomic E-state index is 12.4. The second-order valence-corrected chi connectivity index (χ2v) is 9.74. The lowest BCUT2D eigenvalue weighted by Crippen LogP contribution is -2.37. The number of carbonyl (C=O) groups excluding carboxylic acids is 4. The number of benzene rings is 1. The smallest absolute Gasteiger partial charge is 0.462 e. The Bertz CT molecular complexity index is 913. The third-order valence-electron chi connectivity index (χ3n) is 4.47. The minimum atomic E-state index is -1.06. The Labute approximate surface area is 217 Å². The quantitative estimate of drug-likeness (QED) is 0.226. The van der Waals surface area contributed by atoms with E-state index in [4.69, 9.17) is 34.2 Å². The van der Waals surface area contributed by atoms with Crippen molar-refractivity contribution in [3.8, 4) is 11.5 Å². The molecule has 0 bridgehead atoms. The first kappa shape index (κ1) is 31.7. The molecule has 1 aromatic rings. The van der Waals surface area contributed by atoms with E-state index >= 15 is 0 Å². The highest BCUT2D eigenvalue weighted by Crippen LogP contribution is 2.30. The van der Waals surface area contributed by atoms with Gasteiger partial charge in [-0.1, -0.05) is 47.6 Å². The third-order valence-corrected chi connectivity index (χ3v) is 4.47. The van der Waals surface area contributed by atoms with Crippen LogP contribution in [0.5, 0.6) is 11.5 Å². The molecule has 0 amide bonds. The molecule has 1 aromatic carbocycles. The standard InChI is InChI=1S/C26H39NO10/c1-15(2)12-33-25(30)36-21-9-8-19(11-22(21)37-26(31)34-13-16(3)4)10-20(27)24(29)35-18(7)14-32-23(28)17(5)6/h8-9,11,15-18,20H,10,12-14,27H2,1-7H3/t18-,20-/m0/s1. The number of nitrogens with two attached hydrogens (primary N) is 1. The van der Waals surface area contributed by atoms with Crippen LogP contribution in [0.15, 0.2) is 18.2 Å². The van der Waals surface area contributed by atoms with E-state index in [9.17, 15) is 19.2 Å². The average Bonchev–Trinajstić information content (AvgIpc) is 2.81. The number of hydrogen-bond acceptors (Lipinski definition) is 11. The van der Waals surface area contributed by atoms with Crippen molar-refractivity contribution < 1.29 is 47.6 Å². The highest BCUT2D eigenvalue weighted by Gasteiger charge is 2.22. The topological polar surface area (TPSA) is 150 Å². The van der Waals surface area contributed by atoms with E-state index in [1.807, 2.05) is 27.7 Å².